The average Bonchev–Trinajstić information content (AvgIpc) is 2.05. The molecule has 15 heavy (non-hydrogen) atoms. The molecule has 0 saturated heterocycles. The molecule has 0 aliphatic heterocycles. The van der Waals surface area contributed by atoms with Gasteiger partial charge in [0, 0.05) is 11.5 Å². The zero-order valence-corrected chi connectivity index (χ0v) is 13.9. The molecule has 0 saturated carbocycles. The molecular formula is C8H16O4S2Sn. The van der Waals surface area contributed by atoms with Crippen molar-refractivity contribution in [1.82, 2.24) is 0 Å². The van der Waals surface area contributed by atoms with E-state index in [1.165, 1.54) is 23.5 Å². The quantitative estimate of drug-likeness (QED) is 0.599. The second-order valence-corrected chi connectivity index (χ2v) is 6.70. The number of hydrogen-bond donors (Lipinski definition) is 0. The van der Waals surface area contributed by atoms with Crippen LogP contribution in [0.3, 0.4) is 0 Å². The number of carboxylic acid groups (broad SMARTS) is 2. The fourth-order valence-corrected chi connectivity index (χ4v) is 0.707. The van der Waals surface area contributed by atoms with Gasteiger partial charge in [0.15, 0.2) is 0 Å². The van der Waals surface area contributed by atoms with Crippen molar-refractivity contribution in [2.24, 2.45) is 0 Å². The maximum atomic E-state index is 9.47. The SMILES string of the molecule is CSCC(=O)[O-].CSCC(=O)[O-].[CH3][Sn+2][CH3]. The van der Waals surface area contributed by atoms with E-state index < -0.39 is 11.9 Å². The monoisotopic (exact) mass is 360 g/mol. The molecule has 0 aromatic rings. The van der Waals surface area contributed by atoms with E-state index in [0.29, 0.717) is 0 Å². The number of carbonyl (C=O) groups excluding carboxylic acids is 2. The molecule has 0 aromatic carbocycles. The normalized spacial score (nSPS) is 7.20. The van der Waals surface area contributed by atoms with E-state index in [1.807, 2.05) is 0 Å². The van der Waals surface area contributed by atoms with E-state index in [2.05, 4.69) is 9.88 Å². The Morgan fingerprint density at radius 2 is 1.20 bits per heavy atom. The third kappa shape index (κ3) is 53.9. The number of rotatable bonds is 4. The van der Waals surface area contributed by atoms with Crippen molar-refractivity contribution in [2.45, 2.75) is 9.88 Å². The van der Waals surface area contributed by atoms with Crippen LogP contribution < -0.4 is 10.2 Å². The van der Waals surface area contributed by atoms with E-state index in [1.54, 1.807) is 12.5 Å². The van der Waals surface area contributed by atoms with Crippen LogP contribution in [0.4, 0.5) is 0 Å². The van der Waals surface area contributed by atoms with Crippen LogP contribution in [0.1, 0.15) is 0 Å². The number of hydrogen-bond acceptors (Lipinski definition) is 6. The van der Waals surface area contributed by atoms with Crippen molar-refractivity contribution in [1.29, 1.82) is 0 Å². The molecule has 0 heterocycles. The van der Waals surface area contributed by atoms with Gasteiger partial charge in [-0.3, -0.25) is 0 Å². The number of thioether (sulfide) groups is 2. The van der Waals surface area contributed by atoms with E-state index >= 15 is 0 Å². The third-order valence-electron chi connectivity index (χ3n) is 0.524. The summed E-state index contributed by atoms with van der Waals surface area (Å²) in [6.45, 7) is 0. The fraction of sp³-hybridized carbons (Fsp3) is 0.750. The van der Waals surface area contributed by atoms with Gasteiger partial charge in [0.05, 0.1) is 11.9 Å². The van der Waals surface area contributed by atoms with Crippen LogP contribution in [-0.2, 0) is 9.59 Å². The van der Waals surface area contributed by atoms with Gasteiger partial charge < -0.3 is 19.8 Å². The van der Waals surface area contributed by atoms with Gasteiger partial charge >= 0.3 is 31.0 Å². The maximum absolute atomic E-state index is 9.47. The summed E-state index contributed by atoms with van der Waals surface area (Å²) >= 11 is 2.73. The van der Waals surface area contributed by atoms with Crippen LogP contribution in [0, 0.1) is 0 Å². The molecule has 0 bridgehead atoms. The van der Waals surface area contributed by atoms with Crippen LogP contribution >= 0.6 is 23.5 Å². The second-order valence-electron chi connectivity index (χ2n) is 2.11. The molecule has 0 spiro atoms. The molecule has 0 unspecified atom stereocenters. The topological polar surface area (TPSA) is 80.3 Å². The summed E-state index contributed by atoms with van der Waals surface area (Å²) in [5.74, 6) is -1.80. The Hall–Kier alpha value is 0.439. The predicted molar refractivity (Wildman–Crippen MR) is 64.3 cm³/mol. The molecule has 0 aliphatic rings. The first-order chi connectivity index (χ1) is 6.95. The molecule has 0 aliphatic carbocycles. The van der Waals surface area contributed by atoms with E-state index in [4.69, 9.17) is 0 Å². The predicted octanol–water partition coefficient (Wildman–Crippen LogP) is -1.01. The van der Waals surface area contributed by atoms with Gasteiger partial charge in [0.2, 0.25) is 0 Å². The van der Waals surface area contributed by atoms with Crippen LogP contribution in [0.25, 0.3) is 0 Å². The number of carboxylic acids is 2. The molecule has 0 radical (unpaired) electrons. The van der Waals surface area contributed by atoms with Crippen LogP contribution in [0.15, 0.2) is 0 Å². The molecule has 88 valence electrons. The van der Waals surface area contributed by atoms with E-state index in [0.717, 1.165) is 0 Å². The Morgan fingerprint density at radius 3 is 1.20 bits per heavy atom. The second kappa shape index (κ2) is 19.9. The Balaban J connectivity index is -0.000000153. The van der Waals surface area contributed by atoms with Gasteiger partial charge in [-0.1, -0.05) is 0 Å². The van der Waals surface area contributed by atoms with Crippen LogP contribution in [-0.4, -0.2) is 57.1 Å². The molecule has 0 N–H and O–H groups in total. The van der Waals surface area contributed by atoms with Crippen molar-refractivity contribution in [3.8, 4) is 0 Å². The van der Waals surface area contributed by atoms with Gasteiger partial charge in [0.25, 0.3) is 0 Å². The first kappa shape index (κ1) is 20.8. The molecule has 0 atom stereocenters. The zero-order chi connectivity index (χ0) is 12.7. The van der Waals surface area contributed by atoms with Crippen molar-refractivity contribution in [2.75, 3.05) is 24.0 Å². The van der Waals surface area contributed by atoms with Crippen LogP contribution in [0.5, 0.6) is 0 Å². The Morgan fingerprint density at radius 1 is 1.00 bits per heavy atom. The summed E-state index contributed by atoms with van der Waals surface area (Å²) in [5.41, 5.74) is 0. The van der Waals surface area contributed by atoms with Gasteiger partial charge in [0.1, 0.15) is 0 Å². The van der Waals surface area contributed by atoms with Gasteiger partial charge in [-0.2, -0.15) is 23.5 Å². The number of aliphatic carboxylic acids is 2. The molecule has 0 amide bonds. The Kier molecular flexibility index (Phi) is 27.6. The zero-order valence-electron chi connectivity index (χ0n) is 9.36. The Labute approximate surface area is 110 Å². The van der Waals surface area contributed by atoms with E-state index in [9.17, 15) is 19.8 Å². The van der Waals surface area contributed by atoms with Gasteiger partial charge in [-0.15, -0.1) is 0 Å². The van der Waals surface area contributed by atoms with Crippen molar-refractivity contribution >= 4 is 56.6 Å². The molecule has 4 nitrogen and oxygen atoms in total. The standard InChI is InChI=1S/2C3H6O2S.2CH3.Sn/c2*1-6-2-3(4)5;;;/h2*2H2,1H3,(H,4,5);2*1H3;/q;;;;+2/p-2. The van der Waals surface area contributed by atoms with Crippen molar-refractivity contribution in [3.63, 3.8) is 0 Å². The fourth-order valence-electron chi connectivity index (χ4n) is 0.236. The van der Waals surface area contributed by atoms with Crippen molar-refractivity contribution in [3.05, 3.63) is 0 Å². The van der Waals surface area contributed by atoms with Crippen molar-refractivity contribution < 1.29 is 19.8 Å². The third-order valence-corrected chi connectivity index (χ3v) is 1.57. The minimum atomic E-state index is -0.998. The summed E-state index contributed by atoms with van der Waals surface area (Å²) in [6, 6.07) is 0. The first-order valence-electron chi connectivity index (χ1n) is 3.92. The minimum absolute atomic E-state index is 0.0972. The first-order valence-corrected chi connectivity index (χ1v) is 12.4. The molecule has 7 heteroatoms. The van der Waals surface area contributed by atoms with Gasteiger partial charge in [-0.05, 0) is 12.5 Å². The summed E-state index contributed by atoms with van der Waals surface area (Å²) in [7, 11) is 0. The van der Waals surface area contributed by atoms with Gasteiger partial charge in [-0.25, -0.2) is 0 Å². The Bertz CT molecular complexity index is 140. The summed E-state index contributed by atoms with van der Waals surface area (Å²) < 4.78 is 0. The average molecular weight is 359 g/mol. The van der Waals surface area contributed by atoms with E-state index in [-0.39, 0.29) is 32.6 Å². The number of carbonyl (C=O) groups is 2. The summed E-state index contributed by atoms with van der Waals surface area (Å²) in [6.07, 6.45) is 3.44. The molecular weight excluding hydrogens is 343 g/mol. The van der Waals surface area contributed by atoms with Crippen LogP contribution in [0.2, 0.25) is 9.88 Å². The summed E-state index contributed by atoms with van der Waals surface area (Å²) in [4.78, 5) is 23.5. The molecule has 0 rings (SSSR count). The molecule has 0 aromatic heterocycles. The summed E-state index contributed by atoms with van der Waals surface area (Å²) in [5, 5.41) is 18.9. The molecule has 0 fully saturated rings.